The molecule has 2 unspecified atom stereocenters. The highest BCUT2D eigenvalue weighted by atomic mass is 16.5. The highest BCUT2D eigenvalue weighted by Crippen LogP contribution is 2.51. The van der Waals surface area contributed by atoms with Gasteiger partial charge in [-0.1, -0.05) is 31.0 Å². The first kappa shape index (κ1) is 21.4. The zero-order chi connectivity index (χ0) is 21.0. The molecule has 2 heterocycles. The van der Waals surface area contributed by atoms with Crippen LogP contribution in [-0.4, -0.2) is 43.5 Å². The molecule has 0 aromatic heterocycles. The number of hydrogen-bond donors (Lipinski definition) is 1. The van der Waals surface area contributed by atoms with Crippen molar-refractivity contribution in [1.29, 1.82) is 0 Å². The molecule has 1 saturated carbocycles. The number of methoxy groups -OCH3 is 1. The highest BCUT2D eigenvalue weighted by Gasteiger charge is 2.47. The van der Waals surface area contributed by atoms with Crippen molar-refractivity contribution in [1.82, 2.24) is 10.2 Å². The van der Waals surface area contributed by atoms with Gasteiger partial charge < -0.3 is 9.64 Å². The number of para-hydroxylation sites is 1. The van der Waals surface area contributed by atoms with Gasteiger partial charge in [0.25, 0.3) is 0 Å². The van der Waals surface area contributed by atoms with Crippen molar-refractivity contribution in [3.8, 4) is 5.75 Å². The number of amides is 2. The fraction of sp³-hybridized carbons (Fsp3) is 0.680. The van der Waals surface area contributed by atoms with Crippen LogP contribution in [0.25, 0.3) is 0 Å². The number of likely N-dealkylation sites (tertiary alicyclic amines) is 1. The van der Waals surface area contributed by atoms with Gasteiger partial charge >= 0.3 is 0 Å². The summed E-state index contributed by atoms with van der Waals surface area (Å²) >= 11 is 0. The van der Waals surface area contributed by atoms with Gasteiger partial charge in [0.05, 0.1) is 7.11 Å². The average Bonchev–Trinajstić information content (AvgIpc) is 3.11. The van der Waals surface area contributed by atoms with Gasteiger partial charge in [-0.15, -0.1) is 0 Å². The van der Waals surface area contributed by atoms with Gasteiger partial charge in [-0.2, -0.15) is 0 Å². The summed E-state index contributed by atoms with van der Waals surface area (Å²) in [5.41, 5.74) is 1.30. The Morgan fingerprint density at radius 2 is 1.90 bits per heavy atom. The Bertz CT molecular complexity index is 747. The summed E-state index contributed by atoms with van der Waals surface area (Å²) in [6.45, 7) is 3.45. The van der Waals surface area contributed by atoms with Gasteiger partial charge in [0.2, 0.25) is 11.8 Å². The molecule has 2 aliphatic heterocycles. The summed E-state index contributed by atoms with van der Waals surface area (Å²) in [6, 6.07) is 8.45. The molecule has 3 aliphatic rings. The maximum absolute atomic E-state index is 12.0. The molecular formula is C25H36N2O3. The summed E-state index contributed by atoms with van der Waals surface area (Å²) in [7, 11) is 1.76. The molecule has 3 fully saturated rings. The third-order valence-corrected chi connectivity index (χ3v) is 7.76. The fourth-order valence-electron chi connectivity index (χ4n) is 6.32. The first-order chi connectivity index (χ1) is 14.6. The van der Waals surface area contributed by atoms with Gasteiger partial charge in [-0.25, -0.2) is 0 Å². The first-order valence-corrected chi connectivity index (χ1v) is 11.8. The Morgan fingerprint density at radius 3 is 2.70 bits per heavy atom. The maximum atomic E-state index is 12.0. The second kappa shape index (κ2) is 9.51. The molecule has 0 radical (unpaired) electrons. The largest absolute Gasteiger partial charge is 0.496 e. The normalized spacial score (nSPS) is 26.7. The molecule has 1 aromatic rings. The molecular weight excluding hydrogens is 376 g/mol. The zero-order valence-electron chi connectivity index (χ0n) is 18.3. The number of hydrogen-bond acceptors (Lipinski definition) is 4. The number of carbonyl (C=O) groups is 2. The Hall–Kier alpha value is -1.88. The average molecular weight is 413 g/mol. The van der Waals surface area contributed by atoms with Crippen molar-refractivity contribution in [3.63, 3.8) is 0 Å². The van der Waals surface area contributed by atoms with E-state index in [0.29, 0.717) is 24.7 Å². The topological polar surface area (TPSA) is 58.6 Å². The van der Waals surface area contributed by atoms with E-state index >= 15 is 0 Å². The molecule has 5 heteroatoms. The van der Waals surface area contributed by atoms with Crippen LogP contribution in [0.3, 0.4) is 0 Å². The minimum Gasteiger partial charge on any atom is -0.496 e. The highest BCUT2D eigenvalue weighted by molar-refractivity contribution is 5.98. The molecule has 1 aliphatic carbocycles. The number of ether oxygens (including phenoxy) is 1. The molecule has 1 aromatic carbocycles. The number of nitrogens with zero attached hydrogens (tertiary/aromatic N) is 1. The Labute approximate surface area is 180 Å². The van der Waals surface area contributed by atoms with E-state index < -0.39 is 0 Å². The number of unbranched alkanes of at least 4 members (excludes halogenated alkanes) is 1. The van der Waals surface area contributed by atoms with Gasteiger partial charge in [0, 0.05) is 25.3 Å². The van der Waals surface area contributed by atoms with Gasteiger partial charge in [0.1, 0.15) is 5.75 Å². The third kappa shape index (κ3) is 4.72. The lowest BCUT2D eigenvalue weighted by atomic mass is 9.69. The Kier molecular flexibility index (Phi) is 6.77. The van der Waals surface area contributed by atoms with Gasteiger partial charge in [-0.3, -0.25) is 14.9 Å². The van der Waals surface area contributed by atoms with Crippen LogP contribution >= 0.6 is 0 Å². The predicted molar refractivity (Wildman–Crippen MR) is 117 cm³/mol. The smallest absolute Gasteiger partial charge is 0.227 e. The van der Waals surface area contributed by atoms with E-state index in [1.54, 1.807) is 7.11 Å². The van der Waals surface area contributed by atoms with Crippen molar-refractivity contribution >= 4 is 11.8 Å². The third-order valence-electron chi connectivity index (χ3n) is 7.76. The van der Waals surface area contributed by atoms with Gasteiger partial charge in [-0.05, 0) is 74.6 Å². The Morgan fingerprint density at radius 1 is 1.10 bits per heavy atom. The summed E-state index contributed by atoms with van der Waals surface area (Å²) in [5, 5.41) is 2.49. The van der Waals surface area contributed by atoms with Crippen LogP contribution in [0.2, 0.25) is 0 Å². The van der Waals surface area contributed by atoms with E-state index in [9.17, 15) is 9.59 Å². The first-order valence-electron chi connectivity index (χ1n) is 11.8. The maximum Gasteiger partial charge on any atom is 0.227 e. The van der Waals surface area contributed by atoms with Crippen LogP contribution in [0.1, 0.15) is 75.7 Å². The van der Waals surface area contributed by atoms with E-state index in [2.05, 4.69) is 28.4 Å². The number of nitrogens with one attached hydrogen (secondary N) is 1. The number of piperidine rings is 2. The summed E-state index contributed by atoms with van der Waals surface area (Å²) in [6.07, 6.45) is 10.5. The summed E-state index contributed by atoms with van der Waals surface area (Å²) < 4.78 is 5.59. The van der Waals surface area contributed by atoms with Crippen molar-refractivity contribution in [2.45, 2.75) is 70.1 Å². The molecule has 2 amide bonds. The fourth-order valence-corrected chi connectivity index (χ4v) is 6.32. The van der Waals surface area contributed by atoms with Gasteiger partial charge in [0.15, 0.2) is 0 Å². The lowest BCUT2D eigenvalue weighted by Crippen LogP contribution is -2.46. The van der Waals surface area contributed by atoms with Crippen LogP contribution in [0.15, 0.2) is 24.3 Å². The number of benzene rings is 1. The van der Waals surface area contributed by atoms with E-state index in [-0.39, 0.29) is 17.2 Å². The van der Waals surface area contributed by atoms with Crippen LogP contribution in [0.4, 0.5) is 0 Å². The standard InChI is InChI=1S/C25H36N2O3/c1-30-22-12-3-2-11-21(22)19-8-7-15-27(18-19)14-5-4-9-20-10-6-13-25(20)16-23(28)26-24(29)17-25/h2-3,11-12,19-20H,4-10,13-18H2,1H3,(H,26,28,29). The van der Waals surface area contributed by atoms with Crippen LogP contribution < -0.4 is 10.1 Å². The van der Waals surface area contributed by atoms with E-state index in [1.165, 1.54) is 44.2 Å². The van der Waals surface area contributed by atoms with E-state index in [1.807, 2.05) is 6.07 Å². The van der Waals surface area contributed by atoms with Crippen molar-refractivity contribution < 1.29 is 14.3 Å². The molecule has 5 nitrogen and oxygen atoms in total. The monoisotopic (exact) mass is 412 g/mol. The minimum absolute atomic E-state index is 0.0422. The van der Waals surface area contributed by atoms with Crippen molar-refractivity contribution in [2.24, 2.45) is 11.3 Å². The molecule has 164 valence electrons. The molecule has 1 spiro atoms. The van der Waals surface area contributed by atoms with Crippen LogP contribution in [0, 0.1) is 11.3 Å². The predicted octanol–water partition coefficient (Wildman–Crippen LogP) is 4.27. The minimum atomic E-state index is -0.0613. The second-order valence-electron chi connectivity index (χ2n) is 9.65. The quantitative estimate of drug-likeness (QED) is 0.537. The number of carbonyl (C=O) groups excluding carboxylic acids is 2. The van der Waals surface area contributed by atoms with Crippen LogP contribution in [0.5, 0.6) is 5.75 Å². The summed E-state index contributed by atoms with van der Waals surface area (Å²) in [5.74, 6) is 1.99. The van der Waals surface area contributed by atoms with E-state index in [0.717, 1.165) is 38.1 Å². The van der Waals surface area contributed by atoms with E-state index in [4.69, 9.17) is 4.74 Å². The summed E-state index contributed by atoms with van der Waals surface area (Å²) in [4.78, 5) is 26.5. The zero-order valence-corrected chi connectivity index (χ0v) is 18.3. The lowest BCUT2D eigenvalue weighted by Gasteiger charge is -2.38. The molecule has 2 atom stereocenters. The molecule has 4 rings (SSSR count). The number of imide groups is 1. The van der Waals surface area contributed by atoms with Crippen molar-refractivity contribution in [2.75, 3.05) is 26.7 Å². The SMILES string of the molecule is COc1ccccc1C1CCCN(CCCCC2CCCC23CC(=O)NC(=O)C3)C1. The van der Waals surface area contributed by atoms with Crippen molar-refractivity contribution in [3.05, 3.63) is 29.8 Å². The van der Waals surface area contributed by atoms with Crippen LogP contribution in [-0.2, 0) is 9.59 Å². The Balaban J connectivity index is 1.25. The molecule has 2 saturated heterocycles. The number of rotatable bonds is 7. The molecule has 0 bridgehead atoms. The lowest BCUT2D eigenvalue weighted by molar-refractivity contribution is -0.139. The second-order valence-corrected chi connectivity index (χ2v) is 9.65. The molecule has 30 heavy (non-hydrogen) atoms. The molecule has 1 N–H and O–H groups in total.